The van der Waals surface area contributed by atoms with Crippen LogP contribution >= 0.6 is 0 Å². The van der Waals surface area contributed by atoms with Gasteiger partial charge in [-0.2, -0.15) is 0 Å². The number of methoxy groups -OCH3 is 2. The Morgan fingerprint density at radius 1 is 1.13 bits per heavy atom. The van der Waals surface area contributed by atoms with Gasteiger partial charge >= 0.3 is 0 Å². The highest BCUT2D eigenvalue weighted by Gasteiger charge is 2.35. The number of rotatable bonds is 7. The summed E-state index contributed by atoms with van der Waals surface area (Å²) in [5.41, 5.74) is 1.84. The van der Waals surface area contributed by atoms with Crippen LogP contribution in [0.15, 0.2) is 36.4 Å². The lowest BCUT2D eigenvalue weighted by Crippen LogP contribution is -2.34. The van der Waals surface area contributed by atoms with Crippen molar-refractivity contribution in [2.75, 3.05) is 27.6 Å². The summed E-state index contributed by atoms with van der Waals surface area (Å²) < 4.78 is 21.3. The Morgan fingerprint density at radius 2 is 1.90 bits per heavy atom. The highest BCUT2D eigenvalue weighted by Crippen LogP contribution is 2.34. The summed E-state index contributed by atoms with van der Waals surface area (Å²) in [6, 6.07) is 10.9. The number of benzene rings is 2. The molecule has 4 rings (SSSR count). The topological polar surface area (TPSA) is 86.3 Å². The van der Waals surface area contributed by atoms with E-state index in [4.69, 9.17) is 18.9 Å². The molecule has 2 unspecified atom stereocenters. The first kappa shape index (κ1) is 20.8. The number of likely N-dealkylation sites (tertiary alicyclic amines) is 1. The van der Waals surface area contributed by atoms with Crippen molar-refractivity contribution in [3.8, 4) is 23.0 Å². The Balaban J connectivity index is 1.37. The van der Waals surface area contributed by atoms with E-state index >= 15 is 0 Å². The number of amides is 2. The molecule has 0 saturated carbocycles. The maximum absolute atomic E-state index is 12.8. The Kier molecular flexibility index (Phi) is 5.88. The molecule has 164 valence electrons. The van der Waals surface area contributed by atoms with Crippen LogP contribution in [0.5, 0.6) is 23.0 Å². The van der Waals surface area contributed by atoms with E-state index in [0.717, 1.165) is 11.1 Å². The van der Waals surface area contributed by atoms with Crippen molar-refractivity contribution in [3.05, 3.63) is 47.5 Å². The van der Waals surface area contributed by atoms with Crippen LogP contribution in [-0.2, 0) is 16.1 Å². The largest absolute Gasteiger partial charge is 0.493 e. The van der Waals surface area contributed by atoms with Gasteiger partial charge in [-0.3, -0.25) is 9.59 Å². The number of ether oxygens (including phenoxy) is 4. The van der Waals surface area contributed by atoms with Crippen LogP contribution in [-0.4, -0.2) is 44.3 Å². The van der Waals surface area contributed by atoms with Crippen LogP contribution in [0.1, 0.15) is 30.5 Å². The Hall–Kier alpha value is -3.42. The molecule has 1 N–H and O–H groups in total. The van der Waals surface area contributed by atoms with Crippen LogP contribution in [0.2, 0.25) is 0 Å². The Bertz CT molecular complexity index is 992. The van der Waals surface area contributed by atoms with Gasteiger partial charge in [0, 0.05) is 19.5 Å². The lowest BCUT2D eigenvalue weighted by molar-refractivity contribution is -0.129. The van der Waals surface area contributed by atoms with Crippen molar-refractivity contribution in [3.63, 3.8) is 0 Å². The molecule has 2 aliphatic rings. The average Bonchev–Trinajstić information content (AvgIpc) is 3.39. The van der Waals surface area contributed by atoms with Crippen molar-refractivity contribution in [2.24, 2.45) is 5.92 Å². The van der Waals surface area contributed by atoms with Gasteiger partial charge < -0.3 is 29.2 Å². The van der Waals surface area contributed by atoms with Gasteiger partial charge in [-0.25, -0.2) is 0 Å². The fourth-order valence-electron chi connectivity index (χ4n) is 3.90. The molecule has 31 heavy (non-hydrogen) atoms. The molecule has 1 fully saturated rings. The first-order chi connectivity index (χ1) is 15.0. The van der Waals surface area contributed by atoms with E-state index in [1.54, 1.807) is 19.1 Å². The number of nitrogens with one attached hydrogen (secondary N) is 1. The SMILES string of the molecule is COc1ccc(C(C)NC(=O)C2CC(=O)N(Cc3ccc4c(c3)OCO4)C2)cc1OC. The van der Waals surface area contributed by atoms with Gasteiger partial charge in [0.05, 0.1) is 26.2 Å². The molecule has 2 aromatic carbocycles. The lowest BCUT2D eigenvalue weighted by atomic mass is 10.0. The molecular weight excluding hydrogens is 400 g/mol. The Labute approximate surface area is 181 Å². The van der Waals surface area contributed by atoms with E-state index in [0.29, 0.717) is 36.1 Å². The maximum Gasteiger partial charge on any atom is 0.231 e. The molecule has 2 heterocycles. The molecule has 2 atom stereocenters. The van der Waals surface area contributed by atoms with Gasteiger partial charge in [-0.15, -0.1) is 0 Å². The highest BCUT2D eigenvalue weighted by molar-refractivity contribution is 5.89. The molecule has 2 aliphatic heterocycles. The predicted molar refractivity (Wildman–Crippen MR) is 112 cm³/mol. The smallest absolute Gasteiger partial charge is 0.231 e. The summed E-state index contributed by atoms with van der Waals surface area (Å²) >= 11 is 0. The molecule has 2 amide bonds. The lowest BCUT2D eigenvalue weighted by Gasteiger charge is -2.19. The van der Waals surface area contributed by atoms with Crippen LogP contribution in [0.3, 0.4) is 0 Å². The summed E-state index contributed by atoms with van der Waals surface area (Å²) in [6.45, 7) is 2.94. The molecule has 8 heteroatoms. The van der Waals surface area contributed by atoms with Crippen molar-refractivity contribution < 1.29 is 28.5 Å². The number of carbonyl (C=O) groups is 2. The summed E-state index contributed by atoms with van der Waals surface area (Å²) in [5.74, 6) is 2.07. The molecule has 0 bridgehead atoms. The molecule has 0 spiro atoms. The van der Waals surface area contributed by atoms with Crippen molar-refractivity contribution in [2.45, 2.75) is 25.9 Å². The van der Waals surface area contributed by atoms with E-state index in [1.807, 2.05) is 43.3 Å². The first-order valence-corrected chi connectivity index (χ1v) is 10.2. The third kappa shape index (κ3) is 4.38. The third-order valence-corrected chi connectivity index (χ3v) is 5.66. The summed E-state index contributed by atoms with van der Waals surface area (Å²) in [7, 11) is 3.15. The van der Waals surface area contributed by atoms with Crippen LogP contribution in [0.4, 0.5) is 0 Å². The van der Waals surface area contributed by atoms with E-state index < -0.39 is 0 Å². The normalized spacial score (nSPS) is 18.1. The molecule has 2 aromatic rings. The average molecular weight is 426 g/mol. The minimum Gasteiger partial charge on any atom is -0.493 e. The highest BCUT2D eigenvalue weighted by atomic mass is 16.7. The molecule has 8 nitrogen and oxygen atoms in total. The van der Waals surface area contributed by atoms with Gasteiger partial charge in [0.1, 0.15) is 0 Å². The number of hydrogen-bond acceptors (Lipinski definition) is 6. The summed E-state index contributed by atoms with van der Waals surface area (Å²) in [4.78, 5) is 27.0. The summed E-state index contributed by atoms with van der Waals surface area (Å²) in [5, 5.41) is 3.02. The quantitative estimate of drug-likeness (QED) is 0.733. The van der Waals surface area contributed by atoms with Crippen molar-refractivity contribution in [1.82, 2.24) is 10.2 Å². The number of hydrogen-bond donors (Lipinski definition) is 1. The molecule has 0 radical (unpaired) electrons. The standard InChI is InChI=1S/C23H26N2O6/c1-14(16-5-7-18(28-2)20(9-16)29-3)24-23(27)17-10-22(26)25(12-17)11-15-4-6-19-21(8-15)31-13-30-19/h4-9,14,17H,10-13H2,1-3H3,(H,24,27). The van der Waals surface area contributed by atoms with Gasteiger partial charge in [0.15, 0.2) is 23.0 Å². The summed E-state index contributed by atoms with van der Waals surface area (Å²) in [6.07, 6.45) is 0.203. The predicted octanol–water partition coefficient (Wildman–Crippen LogP) is 2.66. The van der Waals surface area contributed by atoms with Crippen molar-refractivity contribution >= 4 is 11.8 Å². The second-order valence-corrected chi connectivity index (χ2v) is 7.71. The van der Waals surface area contributed by atoms with Gasteiger partial charge in [0.2, 0.25) is 18.6 Å². The molecular formula is C23H26N2O6. The molecule has 0 aliphatic carbocycles. The van der Waals surface area contributed by atoms with Gasteiger partial charge in [-0.05, 0) is 42.3 Å². The van der Waals surface area contributed by atoms with E-state index in [-0.39, 0.29) is 37.0 Å². The second kappa shape index (κ2) is 8.75. The van der Waals surface area contributed by atoms with E-state index in [2.05, 4.69) is 5.32 Å². The first-order valence-electron chi connectivity index (χ1n) is 10.2. The third-order valence-electron chi connectivity index (χ3n) is 5.66. The minimum absolute atomic E-state index is 0.0309. The van der Waals surface area contributed by atoms with Gasteiger partial charge in [-0.1, -0.05) is 12.1 Å². The number of fused-ring (bicyclic) bond motifs is 1. The zero-order valence-corrected chi connectivity index (χ0v) is 17.8. The molecule has 0 aromatic heterocycles. The van der Waals surface area contributed by atoms with Crippen LogP contribution < -0.4 is 24.3 Å². The zero-order chi connectivity index (χ0) is 22.0. The van der Waals surface area contributed by atoms with Crippen LogP contribution in [0.25, 0.3) is 0 Å². The fourth-order valence-corrected chi connectivity index (χ4v) is 3.90. The van der Waals surface area contributed by atoms with Crippen molar-refractivity contribution in [1.29, 1.82) is 0 Å². The van der Waals surface area contributed by atoms with E-state index in [1.165, 1.54) is 0 Å². The van der Waals surface area contributed by atoms with Crippen LogP contribution in [0, 0.1) is 5.92 Å². The minimum atomic E-state index is -0.385. The fraction of sp³-hybridized carbons (Fsp3) is 0.391. The second-order valence-electron chi connectivity index (χ2n) is 7.71. The maximum atomic E-state index is 12.8. The Morgan fingerprint density at radius 3 is 2.68 bits per heavy atom. The zero-order valence-electron chi connectivity index (χ0n) is 17.8. The number of carbonyl (C=O) groups excluding carboxylic acids is 2. The number of nitrogens with zero attached hydrogens (tertiary/aromatic N) is 1. The van der Waals surface area contributed by atoms with E-state index in [9.17, 15) is 9.59 Å². The molecule has 1 saturated heterocycles. The van der Waals surface area contributed by atoms with Gasteiger partial charge in [0.25, 0.3) is 0 Å². The monoisotopic (exact) mass is 426 g/mol.